The molecule has 116 valence electrons. The highest BCUT2D eigenvalue weighted by atomic mass is 19.4. The molecular weight excluding hydrogens is 281 g/mol. The normalized spacial score (nSPS) is 15.3. The summed E-state index contributed by atoms with van der Waals surface area (Å²) in [5, 5.41) is 7.96. The Bertz CT molecular complexity index is 604. The zero-order chi connectivity index (χ0) is 15.6. The Morgan fingerprint density at radius 3 is 2.52 bits per heavy atom. The van der Waals surface area contributed by atoms with Gasteiger partial charge >= 0.3 is 6.18 Å². The Balaban J connectivity index is 2.23. The minimum Gasteiger partial charge on any atom is -0.328 e. The zero-order valence-corrected chi connectivity index (χ0v) is 12.1. The van der Waals surface area contributed by atoms with E-state index >= 15 is 0 Å². The number of fused-ring (bicyclic) bond motifs is 1. The highest BCUT2D eigenvalue weighted by Crippen LogP contribution is 2.30. The molecule has 2 heterocycles. The van der Waals surface area contributed by atoms with E-state index in [2.05, 4.69) is 10.2 Å². The monoisotopic (exact) mass is 300 g/mol. The number of hydrogen-bond donors (Lipinski definition) is 1. The molecule has 0 amide bonds. The van der Waals surface area contributed by atoms with Gasteiger partial charge in [-0.1, -0.05) is 13.3 Å². The van der Waals surface area contributed by atoms with Gasteiger partial charge < -0.3 is 5.73 Å². The van der Waals surface area contributed by atoms with Crippen LogP contribution in [0.15, 0.2) is 18.3 Å². The van der Waals surface area contributed by atoms with Crippen molar-refractivity contribution in [3.63, 3.8) is 0 Å². The van der Waals surface area contributed by atoms with Crippen LogP contribution in [0.3, 0.4) is 0 Å². The smallest absolute Gasteiger partial charge is 0.328 e. The molecule has 0 bridgehead atoms. The largest absolute Gasteiger partial charge is 0.417 e. The first-order valence-corrected chi connectivity index (χ1v) is 6.96. The van der Waals surface area contributed by atoms with Crippen molar-refractivity contribution in [2.24, 2.45) is 5.73 Å². The van der Waals surface area contributed by atoms with Gasteiger partial charge in [-0.25, -0.2) is 0 Å². The van der Waals surface area contributed by atoms with E-state index in [1.54, 1.807) is 0 Å². The standard InChI is InChI=1S/C14H19F3N4/c1-9(4-3-5-10(2)18)13-20-19-12-7-6-11(8-21(12)13)14(15,16)17/h6-10H,3-5,18H2,1-2H3. The maximum atomic E-state index is 12.8. The SMILES string of the molecule is CC(N)CCCC(C)c1nnc2ccc(C(F)(F)F)cn12. The number of pyridine rings is 1. The van der Waals surface area contributed by atoms with Crippen LogP contribution in [-0.4, -0.2) is 20.6 Å². The highest BCUT2D eigenvalue weighted by Gasteiger charge is 2.31. The van der Waals surface area contributed by atoms with Gasteiger partial charge in [-0.05, 0) is 31.9 Å². The molecule has 2 aromatic heterocycles. The van der Waals surface area contributed by atoms with Crippen LogP contribution in [-0.2, 0) is 6.18 Å². The molecule has 0 fully saturated rings. The molecule has 0 spiro atoms. The number of halogens is 3. The molecule has 0 saturated heterocycles. The summed E-state index contributed by atoms with van der Waals surface area (Å²) in [7, 11) is 0. The Morgan fingerprint density at radius 1 is 1.19 bits per heavy atom. The van der Waals surface area contributed by atoms with Crippen LogP contribution in [0.2, 0.25) is 0 Å². The van der Waals surface area contributed by atoms with Gasteiger partial charge in [-0.15, -0.1) is 10.2 Å². The summed E-state index contributed by atoms with van der Waals surface area (Å²) in [6.07, 6.45) is -0.694. The maximum Gasteiger partial charge on any atom is 0.417 e. The third-order valence-corrected chi connectivity index (χ3v) is 3.49. The molecule has 0 aromatic carbocycles. The predicted octanol–water partition coefficient (Wildman–Crippen LogP) is 3.37. The fraction of sp³-hybridized carbons (Fsp3) is 0.571. The molecule has 0 radical (unpaired) electrons. The van der Waals surface area contributed by atoms with E-state index < -0.39 is 11.7 Å². The van der Waals surface area contributed by atoms with Gasteiger partial charge in [-0.3, -0.25) is 4.40 Å². The van der Waals surface area contributed by atoms with Crippen LogP contribution < -0.4 is 5.73 Å². The number of alkyl halides is 3. The molecular formula is C14H19F3N4. The first-order chi connectivity index (χ1) is 9.79. The van der Waals surface area contributed by atoms with Gasteiger partial charge in [0.05, 0.1) is 5.56 Å². The molecule has 0 aliphatic heterocycles. The van der Waals surface area contributed by atoms with Crippen LogP contribution in [0.1, 0.15) is 50.4 Å². The Kier molecular flexibility index (Phi) is 4.51. The van der Waals surface area contributed by atoms with E-state index in [-0.39, 0.29) is 12.0 Å². The Hall–Kier alpha value is -1.63. The lowest BCUT2D eigenvalue weighted by molar-refractivity contribution is -0.137. The number of nitrogens with zero attached hydrogens (tertiary/aromatic N) is 3. The van der Waals surface area contributed by atoms with E-state index in [9.17, 15) is 13.2 Å². The molecule has 2 atom stereocenters. The molecule has 7 heteroatoms. The Labute approximate surface area is 121 Å². The van der Waals surface area contributed by atoms with Crippen LogP contribution in [0.25, 0.3) is 5.65 Å². The van der Waals surface area contributed by atoms with E-state index in [1.165, 1.54) is 10.5 Å². The molecule has 21 heavy (non-hydrogen) atoms. The quantitative estimate of drug-likeness (QED) is 0.921. The second-order valence-electron chi connectivity index (χ2n) is 5.51. The minimum absolute atomic E-state index is 0.0298. The summed E-state index contributed by atoms with van der Waals surface area (Å²) >= 11 is 0. The molecule has 2 aromatic rings. The average molecular weight is 300 g/mol. The van der Waals surface area contributed by atoms with Crippen molar-refractivity contribution in [3.8, 4) is 0 Å². The van der Waals surface area contributed by atoms with Crippen molar-refractivity contribution in [1.82, 2.24) is 14.6 Å². The lowest BCUT2D eigenvalue weighted by Gasteiger charge is -2.12. The molecule has 2 rings (SSSR count). The van der Waals surface area contributed by atoms with E-state index in [1.807, 2.05) is 13.8 Å². The fourth-order valence-corrected chi connectivity index (χ4v) is 2.29. The van der Waals surface area contributed by atoms with Gasteiger partial charge in [0.1, 0.15) is 5.82 Å². The van der Waals surface area contributed by atoms with Crippen molar-refractivity contribution in [1.29, 1.82) is 0 Å². The number of hydrogen-bond acceptors (Lipinski definition) is 3. The van der Waals surface area contributed by atoms with Crippen molar-refractivity contribution in [2.45, 2.75) is 51.2 Å². The summed E-state index contributed by atoms with van der Waals surface area (Å²) in [5.74, 6) is 0.586. The van der Waals surface area contributed by atoms with E-state index in [0.717, 1.165) is 31.5 Å². The summed E-state index contributed by atoms with van der Waals surface area (Å²) in [6.45, 7) is 3.88. The second kappa shape index (κ2) is 6.01. The predicted molar refractivity (Wildman–Crippen MR) is 73.9 cm³/mol. The molecule has 0 aliphatic rings. The maximum absolute atomic E-state index is 12.8. The lowest BCUT2D eigenvalue weighted by Crippen LogP contribution is -2.14. The van der Waals surface area contributed by atoms with Crippen molar-refractivity contribution in [3.05, 3.63) is 29.7 Å². The minimum atomic E-state index is -4.37. The summed E-state index contributed by atoms with van der Waals surface area (Å²) in [4.78, 5) is 0. The summed E-state index contributed by atoms with van der Waals surface area (Å²) in [5.41, 5.74) is 5.43. The topological polar surface area (TPSA) is 56.2 Å². The second-order valence-corrected chi connectivity index (χ2v) is 5.51. The van der Waals surface area contributed by atoms with Crippen LogP contribution in [0.5, 0.6) is 0 Å². The van der Waals surface area contributed by atoms with Gasteiger partial charge in [-0.2, -0.15) is 13.2 Å². The average Bonchev–Trinajstić information content (AvgIpc) is 2.79. The molecule has 2 N–H and O–H groups in total. The van der Waals surface area contributed by atoms with E-state index in [4.69, 9.17) is 5.73 Å². The molecule has 0 saturated carbocycles. The van der Waals surface area contributed by atoms with Crippen molar-refractivity contribution >= 4 is 5.65 Å². The van der Waals surface area contributed by atoms with Crippen LogP contribution in [0, 0.1) is 0 Å². The van der Waals surface area contributed by atoms with Gasteiger partial charge in [0.25, 0.3) is 0 Å². The number of rotatable bonds is 5. The van der Waals surface area contributed by atoms with Crippen LogP contribution >= 0.6 is 0 Å². The molecule has 2 unspecified atom stereocenters. The number of aromatic nitrogens is 3. The van der Waals surface area contributed by atoms with E-state index in [0.29, 0.717) is 11.5 Å². The van der Waals surface area contributed by atoms with Crippen molar-refractivity contribution < 1.29 is 13.2 Å². The first kappa shape index (κ1) is 15.8. The number of nitrogens with two attached hydrogens (primary N) is 1. The summed E-state index contributed by atoms with van der Waals surface area (Å²) in [6, 6.07) is 2.49. The molecule has 0 aliphatic carbocycles. The lowest BCUT2D eigenvalue weighted by atomic mass is 10.0. The Morgan fingerprint density at radius 2 is 1.90 bits per heavy atom. The highest BCUT2D eigenvalue weighted by molar-refractivity contribution is 5.40. The van der Waals surface area contributed by atoms with Crippen LogP contribution in [0.4, 0.5) is 13.2 Å². The fourth-order valence-electron chi connectivity index (χ4n) is 2.29. The van der Waals surface area contributed by atoms with Gasteiger partial charge in [0, 0.05) is 18.2 Å². The summed E-state index contributed by atoms with van der Waals surface area (Å²) < 4.78 is 39.8. The zero-order valence-electron chi connectivity index (χ0n) is 12.1. The molecule has 4 nitrogen and oxygen atoms in total. The van der Waals surface area contributed by atoms with Gasteiger partial charge in [0.2, 0.25) is 0 Å². The first-order valence-electron chi connectivity index (χ1n) is 6.96. The third kappa shape index (κ3) is 3.72. The van der Waals surface area contributed by atoms with Gasteiger partial charge in [0.15, 0.2) is 5.65 Å². The van der Waals surface area contributed by atoms with Crippen molar-refractivity contribution in [2.75, 3.05) is 0 Å². The third-order valence-electron chi connectivity index (χ3n) is 3.49.